The number of nitrogens with zero attached hydrogens (tertiary/aromatic N) is 1. The second kappa shape index (κ2) is 5.19. The Hall–Kier alpha value is -1.59. The smallest absolute Gasteiger partial charge is 0.408 e. The zero-order valence-electron chi connectivity index (χ0n) is 11.1. The predicted octanol–water partition coefficient (Wildman–Crippen LogP) is 0.957. The maximum atomic E-state index is 11.1. The molecule has 2 N–H and O–H groups in total. The van der Waals surface area contributed by atoms with Crippen LogP contribution in [0, 0.1) is 0 Å². The maximum absolute atomic E-state index is 11.1. The van der Waals surface area contributed by atoms with Gasteiger partial charge in [0.2, 0.25) is 0 Å². The predicted molar refractivity (Wildman–Crippen MR) is 74.4 cm³/mol. The molecule has 0 saturated carbocycles. The zero-order chi connectivity index (χ0) is 13.2. The molecule has 1 saturated heterocycles. The number of nitrogens with one attached hydrogen (secondary N) is 2. The molecule has 1 aromatic carbocycles. The van der Waals surface area contributed by atoms with E-state index in [2.05, 4.69) is 22.2 Å². The van der Waals surface area contributed by atoms with Gasteiger partial charge in [-0.2, -0.15) is 0 Å². The van der Waals surface area contributed by atoms with E-state index in [0.717, 1.165) is 31.6 Å². The lowest BCUT2D eigenvalue weighted by Gasteiger charge is -2.23. The summed E-state index contributed by atoms with van der Waals surface area (Å²) in [7, 11) is 2.18. The first-order valence-electron chi connectivity index (χ1n) is 6.75. The molecule has 0 bridgehead atoms. The van der Waals surface area contributed by atoms with E-state index in [1.165, 1.54) is 12.0 Å². The van der Waals surface area contributed by atoms with Crippen molar-refractivity contribution in [2.75, 3.05) is 26.7 Å². The lowest BCUT2D eigenvalue weighted by atomic mass is 10.1. The van der Waals surface area contributed by atoms with Crippen molar-refractivity contribution in [2.45, 2.75) is 18.9 Å². The van der Waals surface area contributed by atoms with Gasteiger partial charge in [-0.25, -0.2) is 4.79 Å². The van der Waals surface area contributed by atoms with Gasteiger partial charge in [0, 0.05) is 19.1 Å². The monoisotopic (exact) mass is 261 g/mol. The lowest BCUT2D eigenvalue weighted by molar-refractivity contribution is 0.260. The van der Waals surface area contributed by atoms with Crippen LogP contribution in [0.3, 0.4) is 0 Å². The van der Waals surface area contributed by atoms with E-state index in [0.29, 0.717) is 11.6 Å². The van der Waals surface area contributed by atoms with Gasteiger partial charge in [0.15, 0.2) is 5.58 Å². The van der Waals surface area contributed by atoms with E-state index in [4.69, 9.17) is 4.42 Å². The number of aromatic nitrogens is 1. The highest BCUT2D eigenvalue weighted by Crippen LogP contribution is 2.14. The van der Waals surface area contributed by atoms with Crippen LogP contribution in [-0.4, -0.2) is 42.6 Å². The molecule has 1 fully saturated rings. The fourth-order valence-electron chi connectivity index (χ4n) is 2.66. The highest BCUT2D eigenvalue weighted by Gasteiger charge is 2.18. The van der Waals surface area contributed by atoms with Crippen LogP contribution in [0.2, 0.25) is 0 Å². The standard InChI is InChI=1S/C14H19N3O2/c1-17(11-4-6-15-9-11)7-5-10-2-3-13-12(8-10)16-14(18)19-13/h2-3,8,11,15H,4-7,9H2,1H3,(H,16,18). The van der Waals surface area contributed by atoms with Crippen molar-refractivity contribution in [3.63, 3.8) is 0 Å². The average Bonchev–Trinajstić information content (AvgIpc) is 3.03. The molecule has 2 aromatic rings. The number of benzene rings is 1. The fourth-order valence-corrected chi connectivity index (χ4v) is 2.66. The molecule has 102 valence electrons. The number of hydrogen-bond donors (Lipinski definition) is 2. The Bertz CT molecular complexity index is 610. The Kier molecular flexibility index (Phi) is 3.40. The van der Waals surface area contributed by atoms with E-state index in [9.17, 15) is 4.79 Å². The summed E-state index contributed by atoms with van der Waals surface area (Å²) in [6, 6.07) is 6.54. The van der Waals surface area contributed by atoms with Crippen LogP contribution in [0.25, 0.3) is 11.1 Å². The minimum Gasteiger partial charge on any atom is -0.408 e. The van der Waals surface area contributed by atoms with E-state index in [1.807, 2.05) is 18.2 Å². The molecule has 19 heavy (non-hydrogen) atoms. The number of hydrogen-bond acceptors (Lipinski definition) is 4. The number of aromatic amines is 1. The molecule has 3 rings (SSSR count). The highest BCUT2D eigenvalue weighted by molar-refractivity contribution is 5.72. The largest absolute Gasteiger partial charge is 0.417 e. The zero-order valence-corrected chi connectivity index (χ0v) is 11.1. The molecule has 0 radical (unpaired) electrons. The van der Waals surface area contributed by atoms with Crippen molar-refractivity contribution in [1.29, 1.82) is 0 Å². The molecule has 0 aliphatic carbocycles. The second-order valence-corrected chi connectivity index (χ2v) is 5.22. The first kappa shape index (κ1) is 12.4. The summed E-state index contributed by atoms with van der Waals surface area (Å²) in [5, 5.41) is 3.38. The number of rotatable bonds is 4. The third-order valence-corrected chi connectivity index (χ3v) is 3.89. The molecule has 1 aromatic heterocycles. The first-order valence-corrected chi connectivity index (χ1v) is 6.75. The van der Waals surface area contributed by atoms with Crippen LogP contribution in [0.4, 0.5) is 0 Å². The molecule has 0 spiro atoms. The Morgan fingerprint density at radius 3 is 3.16 bits per heavy atom. The van der Waals surface area contributed by atoms with Gasteiger partial charge in [0.1, 0.15) is 0 Å². The minimum atomic E-state index is -0.388. The Morgan fingerprint density at radius 1 is 1.47 bits per heavy atom. The summed E-state index contributed by atoms with van der Waals surface area (Å²) >= 11 is 0. The molecule has 2 heterocycles. The number of H-pyrrole nitrogens is 1. The van der Waals surface area contributed by atoms with Gasteiger partial charge < -0.3 is 14.6 Å². The van der Waals surface area contributed by atoms with Crippen molar-refractivity contribution in [3.05, 3.63) is 34.3 Å². The maximum Gasteiger partial charge on any atom is 0.417 e. The molecule has 1 atom stereocenters. The lowest BCUT2D eigenvalue weighted by Crippen LogP contribution is -2.34. The SMILES string of the molecule is CN(CCc1ccc2oc(=O)[nH]c2c1)C1CCNC1. The average molecular weight is 261 g/mol. The van der Waals surface area contributed by atoms with Crippen LogP contribution >= 0.6 is 0 Å². The van der Waals surface area contributed by atoms with Crippen molar-refractivity contribution in [2.24, 2.45) is 0 Å². The number of fused-ring (bicyclic) bond motifs is 1. The summed E-state index contributed by atoms with van der Waals surface area (Å²) in [5.74, 6) is -0.388. The van der Waals surface area contributed by atoms with Crippen LogP contribution in [-0.2, 0) is 6.42 Å². The molecule has 1 aliphatic rings. The van der Waals surface area contributed by atoms with E-state index >= 15 is 0 Å². The Labute approximate surface area is 111 Å². The molecule has 1 aliphatic heterocycles. The highest BCUT2D eigenvalue weighted by atomic mass is 16.4. The molecule has 0 amide bonds. The van der Waals surface area contributed by atoms with Gasteiger partial charge in [-0.1, -0.05) is 6.07 Å². The van der Waals surface area contributed by atoms with Crippen molar-refractivity contribution < 1.29 is 4.42 Å². The third-order valence-electron chi connectivity index (χ3n) is 3.89. The first-order chi connectivity index (χ1) is 9.22. The Morgan fingerprint density at radius 2 is 2.37 bits per heavy atom. The molecule has 1 unspecified atom stereocenters. The summed E-state index contributed by atoms with van der Waals surface area (Å²) < 4.78 is 5.00. The van der Waals surface area contributed by atoms with Gasteiger partial charge in [0.25, 0.3) is 0 Å². The van der Waals surface area contributed by atoms with Crippen LogP contribution in [0.5, 0.6) is 0 Å². The third kappa shape index (κ3) is 2.72. The normalized spacial score (nSPS) is 19.6. The van der Waals surface area contributed by atoms with Crippen molar-refractivity contribution in [3.8, 4) is 0 Å². The number of oxazole rings is 1. The van der Waals surface area contributed by atoms with Crippen molar-refractivity contribution in [1.82, 2.24) is 15.2 Å². The summed E-state index contributed by atoms with van der Waals surface area (Å²) in [5.41, 5.74) is 2.64. The summed E-state index contributed by atoms with van der Waals surface area (Å²) in [4.78, 5) is 16.2. The Balaban J connectivity index is 1.65. The van der Waals surface area contributed by atoms with Gasteiger partial charge >= 0.3 is 5.76 Å². The summed E-state index contributed by atoms with van der Waals surface area (Å²) in [6.07, 6.45) is 2.21. The molecular weight excluding hydrogens is 242 g/mol. The van der Waals surface area contributed by atoms with Crippen LogP contribution in [0.1, 0.15) is 12.0 Å². The number of likely N-dealkylation sites (N-methyl/N-ethyl adjacent to an activating group) is 1. The fraction of sp³-hybridized carbons (Fsp3) is 0.500. The summed E-state index contributed by atoms with van der Waals surface area (Å²) in [6.45, 7) is 3.24. The minimum absolute atomic E-state index is 0.388. The quantitative estimate of drug-likeness (QED) is 0.860. The van der Waals surface area contributed by atoms with E-state index in [-0.39, 0.29) is 5.76 Å². The molecular formula is C14H19N3O2. The van der Waals surface area contributed by atoms with Gasteiger partial charge in [-0.05, 0) is 44.1 Å². The van der Waals surface area contributed by atoms with E-state index in [1.54, 1.807) is 0 Å². The second-order valence-electron chi connectivity index (χ2n) is 5.22. The topological polar surface area (TPSA) is 61.3 Å². The molecule has 5 heteroatoms. The van der Waals surface area contributed by atoms with Gasteiger partial charge in [-0.3, -0.25) is 4.98 Å². The molecule has 5 nitrogen and oxygen atoms in total. The van der Waals surface area contributed by atoms with Crippen molar-refractivity contribution >= 4 is 11.1 Å². The van der Waals surface area contributed by atoms with E-state index < -0.39 is 0 Å². The van der Waals surface area contributed by atoms with Gasteiger partial charge in [-0.15, -0.1) is 0 Å². The van der Waals surface area contributed by atoms with Crippen LogP contribution < -0.4 is 11.1 Å². The van der Waals surface area contributed by atoms with Gasteiger partial charge in [0.05, 0.1) is 5.52 Å². The van der Waals surface area contributed by atoms with Crippen LogP contribution in [0.15, 0.2) is 27.4 Å².